The van der Waals surface area contributed by atoms with Gasteiger partial charge in [0.1, 0.15) is 0 Å². The molecule has 2 saturated heterocycles. The Hall–Kier alpha value is -0.120. The first-order valence-electron chi connectivity index (χ1n) is 5.25. The molecule has 76 valence electrons. The molecule has 0 aliphatic carbocycles. The number of nitrogens with zero attached hydrogens (tertiary/aromatic N) is 1. The van der Waals surface area contributed by atoms with Crippen molar-refractivity contribution in [2.45, 2.75) is 25.8 Å². The molecule has 2 rings (SSSR count). The zero-order valence-corrected chi connectivity index (χ0v) is 8.46. The van der Waals surface area contributed by atoms with Crippen molar-refractivity contribution in [2.75, 3.05) is 32.8 Å². The van der Waals surface area contributed by atoms with Gasteiger partial charge in [0.05, 0.1) is 13.2 Å². The van der Waals surface area contributed by atoms with Gasteiger partial charge in [0.2, 0.25) is 0 Å². The van der Waals surface area contributed by atoms with E-state index in [-0.39, 0.29) is 0 Å². The van der Waals surface area contributed by atoms with E-state index in [0.717, 1.165) is 19.8 Å². The first kappa shape index (κ1) is 9.44. The van der Waals surface area contributed by atoms with Crippen molar-refractivity contribution in [3.05, 3.63) is 0 Å². The molecule has 2 N–H and O–H groups in total. The van der Waals surface area contributed by atoms with Gasteiger partial charge < -0.3 is 10.5 Å². The lowest BCUT2D eigenvalue weighted by molar-refractivity contribution is -0.112. The van der Waals surface area contributed by atoms with Gasteiger partial charge in [-0.2, -0.15) is 0 Å². The number of hydrogen-bond acceptors (Lipinski definition) is 3. The van der Waals surface area contributed by atoms with Gasteiger partial charge in [-0.1, -0.05) is 6.92 Å². The molecule has 0 saturated carbocycles. The predicted octanol–water partition coefficient (Wildman–Crippen LogP) is 0.446. The van der Waals surface area contributed by atoms with Crippen LogP contribution in [0.2, 0.25) is 0 Å². The van der Waals surface area contributed by atoms with E-state index in [1.165, 1.54) is 25.9 Å². The SMILES string of the molecule is CC1(CCN2CCC2CN)COC1. The molecule has 1 atom stereocenters. The van der Waals surface area contributed by atoms with E-state index in [4.69, 9.17) is 10.5 Å². The highest BCUT2D eigenvalue weighted by atomic mass is 16.5. The van der Waals surface area contributed by atoms with Crippen LogP contribution in [0.1, 0.15) is 19.8 Å². The maximum atomic E-state index is 5.64. The zero-order valence-electron chi connectivity index (χ0n) is 8.46. The Morgan fingerprint density at radius 1 is 1.54 bits per heavy atom. The molecule has 0 aromatic rings. The van der Waals surface area contributed by atoms with Crippen LogP contribution in [-0.4, -0.2) is 43.8 Å². The van der Waals surface area contributed by atoms with Crippen LogP contribution in [0.4, 0.5) is 0 Å². The number of rotatable bonds is 4. The molecule has 0 amide bonds. The van der Waals surface area contributed by atoms with E-state index in [0.29, 0.717) is 11.5 Å². The molecule has 2 aliphatic heterocycles. The summed E-state index contributed by atoms with van der Waals surface area (Å²) in [7, 11) is 0. The third kappa shape index (κ3) is 1.87. The summed E-state index contributed by atoms with van der Waals surface area (Å²) >= 11 is 0. The monoisotopic (exact) mass is 184 g/mol. The fraction of sp³-hybridized carbons (Fsp3) is 1.00. The van der Waals surface area contributed by atoms with Gasteiger partial charge in [-0.25, -0.2) is 0 Å². The summed E-state index contributed by atoms with van der Waals surface area (Å²) in [5.41, 5.74) is 6.11. The van der Waals surface area contributed by atoms with Crippen molar-refractivity contribution < 1.29 is 4.74 Å². The second-order valence-electron chi connectivity index (χ2n) is 4.77. The first-order chi connectivity index (χ1) is 6.23. The molecule has 2 aliphatic rings. The third-order valence-corrected chi connectivity index (χ3v) is 3.44. The summed E-state index contributed by atoms with van der Waals surface area (Å²) < 4.78 is 5.23. The maximum absolute atomic E-state index is 5.64. The van der Waals surface area contributed by atoms with E-state index in [1.54, 1.807) is 0 Å². The van der Waals surface area contributed by atoms with Gasteiger partial charge in [-0.05, 0) is 19.4 Å². The molecule has 2 heterocycles. The minimum Gasteiger partial charge on any atom is -0.380 e. The van der Waals surface area contributed by atoms with Crippen LogP contribution >= 0.6 is 0 Å². The van der Waals surface area contributed by atoms with Gasteiger partial charge in [0, 0.05) is 24.5 Å². The predicted molar refractivity (Wildman–Crippen MR) is 52.6 cm³/mol. The average molecular weight is 184 g/mol. The second-order valence-corrected chi connectivity index (χ2v) is 4.77. The summed E-state index contributed by atoms with van der Waals surface area (Å²) in [6.45, 7) is 7.50. The Morgan fingerprint density at radius 3 is 2.69 bits per heavy atom. The molecule has 0 bridgehead atoms. The Morgan fingerprint density at radius 2 is 2.31 bits per heavy atom. The van der Waals surface area contributed by atoms with Crippen molar-refractivity contribution in [3.8, 4) is 0 Å². The summed E-state index contributed by atoms with van der Waals surface area (Å²) in [5, 5.41) is 0. The van der Waals surface area contributed by atoms with Crippen LogP contribution in [0.25, 0.3) is 0 Å². The molecule has 0 spiro atoms. The van der Waals surface area contributed by atoms with E-state index < -0.39 is 0 Å². The molecular weight excluding hydrogens is 164 g/mol. The van der Waals surface area contributed by atoms with Crippen molar-refractivity contribution in [1.29, 1.82) is 0 Å². The quantitative estimate of drug-likeness (QED) is 0.689. The lowest BCUT2D eigenvalue weighted by atomic mass is 9.84. The van der Waals surface area contributed by atoms with E-state index in [1.807, 2.05) is 0 Å². The van der Waals surface area contributed by atoms with Gasteiger partial charge in [0.15, 0.2) is 0 Å². The molecule has 2 fully saturated rings. The van der Waals surface area contributed by atoms with Crippen LogP contribution in [0.3, 0.4) is 0 Å². The summed E-state index contributed by atoms with van der Waals surface area (Å²) in [5.74, 6) is 0. The van der Waals surface area contributed by atoms with Crippen LogP contribution in [-0.2, 0) is 4.74 Å². The first-order valence-corrected chi connectivity index (χ1v) is 5.25. The summed E-state index contributed by atoms with van der Waals surface area (Å²) in [6.07, 6.45) is 2.56. The number of hydrogen-bond donors (Lipinski definition) is 1. The van der Waals surface area contributed by atoms with Gasteiger partial charge in [0.25, 0.3) is 0 Å². The fourth-order valence-corrected chi connectivity index (χ4v) is 2.06. The van der Waals surface area contributed by atoms with Crippen LogP contribution < -0.4 is 5.73 Å². The normalized spacial score (nSPS) is 32.3. The maximum Gasteiger partial charge on any atom is 0.0542 e. The molecular formula is C10H20N2O. The molecule has 3 heteroatoms. The third-order valence-electron chi connectivity index (χ3n) is 3.44. The minimum atomic E-state index is 0.467. The zero-order chi connectivity index (χ0) is 9.31. The van der Waals surface area contributed by atoms with Crippen molar-refractivity contribution in [3.63, 3.8) is 0 Å². The summed E-state index contributed by atoms with van der Waals surface area (Å²) in [6, 6.07) is 0.671. The molecule has 0 radical (unpaired) electrons. The van der Waals surface area contributed by atoms with Crippen LogP contribution in [0, 0.1) is 5.41 Å². The Labute approximate surface area is 80.2 Å². The Kier molecular flexibility index (Phi) is 2.58. The number of likely N-dealkylation sites (tertiary alicyclic amines) is 1. The van der Waals surface area contributed by atoms with Gasteiger partial charge >= 0.3 is 0 Å². The Bertz CT molecular complexity index is 178. The van der Waals surface area contributed by atoms with Crippen molar-refractivity contribution >= 4 is 0 Å². The van der Waals surface area contributed by atoms with Gasteiger partial charge in [-0.3, -0.25) is 4.90 Å². The fourth-order valence-electron chi connectivity index (χ4n) is 2.06. The largest absolute Gasteiger partial charge is 0.380 e. The molecule has 13 heavy (non-hydrogen) atoms. The number of ether oxygens (including phenoxy) is 1. The lowest BCUT2D eigenvalue weighted by Crippen LogP contribution is -2.53. The lowest BCUT2D eigenvalue weighted by Gasteiger charge is -2.44. The van der Waals surface area contributed by atoms with Crippen molar-refractivity contribution in [1.82, 2.24) is 4.90 Å². The highest BCUT2D eigenvalue weighted by Crippen LogP contribution is 2.31. The van der Waals surface area contributed by atoms with Gasteiger partial charge in [-0.15, -0.1) is 0 Å². The second kappa shape index (κ2) is 3.56. The smallest absolute Gasteiger partial charge is 0.0542 e. The van der Waals surface area contributed by atoms with Crippen LogP contribution in [0.15, 0.2) is 0 Å². The van der Waals surface area contributed by atoms with Crippen LogP contribution in [0.5, 0.6) is 0 Å². The van der Waals surface area contributed by atoms with E-state index in [9.17, 15) is 0 Å². The summed E-state index contributed by atoms with van der Waals surface area (Å²) in [4.78, 5) is 2.50. The minimum absolute atomic E-state index is 0.467. The topological polar surface area (TPSA) is 38.5 Å². The highest BCUT2D eigenvalue weighted by molar-refractivity contribution is 4.87. The van der Waals surface area contributed by atoms with E-state index in [2.05, 4.69) is 11.8 Å². The molecule has 0 aromatic carbocycles. The molecule has 1 unspecified atom stereocenters. The molecule has 3 nitrogen and oxygen atoms in total. The molecule has 0 aromatic heterocycles. The van der Waals surface area contributed by atoms with E-state index >= 15 is 0 Å². The highest BCUT2D eigenvalue weighted by Gasteiger charge is 2.35. The Balaban J connectivity index is 1.67. The van der Waals surface area contributed by atoms with Crippen molar-refractivity contribution in [2.24, 2.45) is 11.1 Å². The average Bonchev–Trinajstić information content (AvgIpc) is 2.00. The standard InChI is InChI=1S/C10H20N2O/c1-10(7-13-8-10)3-5-12-4-2-9(12)6-11/h9H,2-8,11H2,1H3. The number of nitrogens with two attached hydrogens (primary N) is 1.